The van der Waals surface area contributed by atoms with Gasteiger partial charge < -0.3 is 20.0 Å². The Balaban J connectivity index is 1.58. The molecule has 3 heterocycles. The molecule has 0 bridgehead atoms. The van der Waals surface area contributed by atoms with Crippen LogP contribution in [0.4, 0.5) is 0 Å². The molecule has 0 radical (unpaired) electrons. The minimum absolute atomic E-state index is 0.207. The number of aromatic nitrogens is 4. The summed E-state index contributed by atoms with van der Waals surface area (Å²) in [7, 11) is 0. The fourth-order valence-electron chi connectivity index (χ4n) is 2.39. The average Bonchev–Trinajstić information content (AvgIpc) is 3.11. The van der Waals surface area contributed by atoms with E-state index in [1.165, 1.54) is 6.42 Å². The third kappa shape index (κ3) is 3.23. The molecular weight excluding hydrogens is 258 g/mol. The van der Waals surface area contributed by atoms with Crippen LogP contribution in [0.2, 0.25) is 0 Å². The Morgan fingerprint density at radius 3 is 3.15 bits per heavy atom. The van der Waals surface area contributed by atoms with E-state index < -0.39 is 0 Å². The predicted molar refractivity (Wildman–Crippen MR) is 70.8 cm³/mol. The summed E-state index contributed by atoms with van der Waals surface area (Å²) in [6, 6.07) is -0.316. The molecule has 3 N–H and O–H groups in total. The number of rotatable bonds is 5. The largest absolute Gasteiger partial charge is 0.378 e. The summed E-state index contributed by atoms with van der Waals surface area (Å²) in [5, 5.41) is 3.99. The minimum Gasteiger partial charge on any atom is -0.378 e. The molecule has 0 amide bonds. The fraction of sp³-hybridized carbons (Fsp3) is 0.615. The zero-order chi connectivity index (χ0) is 13.8. The van der Waals surface area contributed by atoms with E-state index in [4.69, 9.17) is 15.0 Å². The van der Waals surface area contributed by atoms with Crippen LogP contribution in [0.25, 0.3) is 0 Å². The fourth-order valence-corrected chi connectivity index (χ4v) is 2.39. The topological polar surface area (TPSA) is 103 Å². The molecule has 20 heavy (non-hydrogen) atoms. The van der Waals surface area contributed by atoms with Crippen molar-refractivity contribution in [2.45, 2.75) is 44.2 Å². The Labute approximate surface area is 116 Å². The number of ether oxygens (including phenoxy) is 1. The molecule has 3 rings (SSSR count). The summed E-state index contributed by atoms with van der Waals surface area (Å²) >= 11 is 0. The molecule has 2 aromatic heterocycles. The van der Waals surface area contributed by atoms with Crippen molar-refractivity contribution in [3.05, 3.63) is 29.9 Å². The van der Waals surface area contributed by atoms with E-state index in [2.05, 4.69) is 20.1 Å². The van der Waals surface area contributed by atoms with Gasteiger partial charge in [-0.1, -0.05) is 5.16 Å². The highest BCUT2D eigenvalue weighted by Crippen LogP contribution is 2.18. The molecule has 1 unspecified atom stereocenters. The zero-order valence-electron chi connectivity index (χ0n) is 11.3. The van der Waals surface area contributed by atoms with E-state index in [1.807, 2.05) is 0 Å². The van der Waals surface area contributed by atoms with Gasteiger partial charge in [0, 0.05) is 31.3 Å². The van der Waals surface area contributed by atoms with Gasteiger partial charge in [0.25, 0.3) is 0 Å². The zero-order valence-corrected chi connectivity index (χ0v) is 11.3. The van der Waals surface area contributed by atoms with Gasteiger partial charge in [0.2, 0.25) is 5.89 Å². The van der Waals surface area contributed by atoms with E-state index >= 15 is 0 Å². The standard InChI is InChI=1S/C13H19N5O2/c14-11(5-9-7-15-8-16-9)13-17-12(18-20-13)6-10-3-1-2-4-19-10/h7-8,10-11H,1-6,14H2,(H,15,16)/t10?,11-/m0/s1. The second kappa shape index (κ2) is 6.15. The molecule has 1 fully saturated rings. The molecule has 2 aromatic rings. The van der Waals surface area contributed by atoms with Gasteiger partial charge in [-0.05, 0) is 19.3 Å². The van der Waals surface area contributed by atoms with Crippen LogP contribution in [0.3, 0.4) is 0 Å². The number of nitrogens with zero attached hydrogens (tertiary/aromatic N) is 3. The second-order valence-electron chi connectivity index (χ2n) is 5.13. The molecule has 0 spiro atoms. The number of hydrogen-bond donors (Lipinski definition) is 2. The highest BCUT2D eigenvalue weighted by atomic mass is 16.5. The number of nitrogens with two attached hydrogens (primary N) is 1. The predicted octanol–water partition coefficient (Wildman–Crippen LogP) is 1.15. The summed E-state index contributed by atoms with van der Waals surface area (Å²) in [6.45, 7) is 0.828. The maximum absolute atomic E-state index is 6.06. The number of imidazole rings is 1. The lowest BCUT2D eigenvalue weighted by Crippen LogP contribution is -2.22. The minimum atomic E-state index is -0.316. The lowest BCUT2D eigenvalue weighted by molar-refractivity contribution is 0.0153. The van der Waals surface area contributed by atoms with Crippen LogP contribution in [0.15, 0.2) is 17.0 Å². The quantitative estimate of drug-likeness (QED) is 0.849. The van der Waals surface area contributed by atoms with Crippen LogP contribution >= 0.6 is 0 Å². The van der Waals surface area contributed by atoms with E-state index in [0.717, 1.165) is 25.1 Å². The van der Waals surface area contributed by atoms with Crippen LogP contribution in [0.5, 0.6) is 0 Å². The maximum Gasteiger partial charge on any atom is 0.243 e. The van der Waals surface area contributed by atoms with Crippen LogP contribution in [0.1, 0.15) is 42.7 Å². The highest BCUT2D eigenvalue weighted by Gasteiger charge is 2.20. The molecule has 7 nitrogen and oxygen atoms in total. The van der Waals surface area contributed by atoms with E-state index in [0.29, 0.717) is 24.6 Å². The monoisotopic (exact) mass is 277 g/mol. The van der Waals surface area contributed by atoms with Gasteiger partial charge in [-0.2, -0.15) is 4.98 Å². The van der Waals surface area contributed by atoms with Crippen LogP contribution in [0, 0.1) is 0 Å². The van der Waals surface area contributed by atoms with Crippen molar-refractivity contribution in [1.82, 2.24) is 20.1 Å². The molecule has 0 saturated carbocycles. The summed E-state index contributed by atoms with van der Waals surface area (Å²) in [4.78, 5) is 11.3. The number of H-pyrrole nitrogens is 1. The first kappa shape index (κ1) is 13.3. The first-order valence-corrected chi connectivity index (χ1v) is 6.98. The first-order valence-electron chi connectivity index (χ1n) is 6.98. The molecule has 1 aliphatic rings. The van der Waals surface area contributed by atoms with Crippen molar-refractivity contribution < 1.29 is 9.26 Å². The Morgan fingerprint density at radius 2 is 2.40 bits per heavy atom. The highest BCUT2D eigenvalue weighted by molar-refractivity contribution is 5.02. The van der Waals surface area contributed by atoms with Gasteiger partial charge in [-0.25, -0.2) is 4.98 Å². The Bertz CT molecular complexity index is 519. The average molecular weight is 277 g/mol. The summed E-state index contributed by atoms with van der Waals surface area (Å²) in [5.74, 6) is 1.14. The van der Waals surface area contributed by atoms with Crippen molar-refractivity contribution in [2.24, 2.45) is 5.73 Å². The molecule has 1 saturated heterocycles. The summed E-state index contributed by atoms with van der Waals surface area (Å²) in [6.07, 6.45) is 8.27. The third-order valence-electron chi connectivity index (χ3n) is 3.48. The first-order chi connectivity index (χ1) is 9.81. The lowest BCUT2D eigenvalue weighted by atomic mass is 10.1. The van der Waals surface area contributed by atoms with Crippen molar-refractivity contribution in [2.75, 3.05) is 6.61 Å². The van der Waals surface area contributed by atoms with Gasteiger partial charge in [0.05, 0.1) is 18.5 Å². The van der Waals surface area contributed by atoms with E-state index in [-0.39, 0.29) is 12.1 Å². The smallest absolute Gasteiger partial charge is 0.243 e. The van der Waals surface area contributed by atoms with Gasteiger partial charge in [-0.15, -0.1) is 0 Å². The molecular formula is C13H19N5O2. The van der Waals surface area contributed by atoms with Crippen LogP contribution in [-0.4, -0.2) is 32.8 Å². The number of aromatic amines is 1. The van der Waals surface area contributed by atoms with E-state index in [1.54, 1.807) is 12.5 Å². The Morgan fingerprint density at radius 1 is 1.45 bits per heavy atom. The molecule has 0 aromatic carbocycles. The van der Waals surface area contributed by atoms with Gasteiger partial charge in [0.1, 0.15) is 0 Å². The Kier molecular flexibility index (Phi) is 4.08. The molecule has 2 atom stereocenters. The molecule has 7 heteroatoms. The Hall–Kier alpha value is -1.73. The SMILES string of the molecule is N[C@@H](Cc1cnc[nH]1)c1nc(CC2CCCCO2)no1. The van der Waals surface area contributed by atoms with Crippen molar-refractivity contribution in [1.29, 1.82) is 0 Å². The van der Waals surface area contributed by atoms with Crippen molar-refractivity contribution in [3.63, 3.8) is 0 Å². The molecule has 1 aliphatic heterocycles. The van der Waals surface area contributed by atoms with Crippen LogP contribution in [-0.2, 0) is 17.6 Å². The normalized spacial score (nSPS) is 20.9. The lowest BCUT2D eigenvalue weighted by Gasteiger charge is -2.20. The van der Waals surface area contributed by atoms with Crippen molar-refractivity contribution >= 4 is 0 Å². The van der Waals surface area contributed by atoms with Gasteiger partial charge >= 0.3 is 0 Å². The summed E-state index contributed by atoms with van der Waals surface area (Å²) < 4.78 is 10.9. The van der Waals surface area contributed by atoms with Gasteiger partial charge in [-0.3, -0.25) is 0 Å². The van der Waals surface area contributed by atoms with Crippen molar-refractivity contribution in [3.8, 4) is 0 Å². The second-order valence-corrected chi connectivity index (χ2v) is 5.13. The van der Waals surface area contributed by atoms with Gasteiger partial charge in [0.15, 0.2) is 5.82 Å². The molecule has 0 aliphatic carbocycles. The molecule has 108 valence electrons. The van der Waals surface area contributed by atoms with Crippen LogP contribution < -0.4 is 5.73 Å². The van der Waals surface area contributed by atoms with E-state index in [9.17, 15) is 0 Å². The maximum atomic E-state index is 6.06. The number of hydrogen-bond acceptors (Lipinski definition) is 6. The number of nitrogens with one attached hydrogen (secondary N) is 1. The summed E-state index contributed by atoms with van der Waals surface area (Å²) in [5.41, 5.74) is 7.01. The third-order valence-corrected chi connectivity index (χ3v) is 3.48.